The van der Waals surface area contributed by atoms with Crippen molar-refractivity contribution >= 4 is 0 Å². The molecule has 1 heterocycles. The van der Waals surface area contributed by atoms with Gasteiger partial charge in [-0.1, -0.05) is 62.3 Å². The zero-order chi connectivity index (χ0) is 13.6. The van der Waals surface area contributed by atoms with Crippen molar-refractivity contribution in [2.75, 3.05) is 0 Å². The maximum atomic E-state index is 4.86. The molecule has 0 fully saturated rings. The van der Waals surface area contributed by atoms with Gasteiger partial charge >= 0.3 is 0 Å². The smallest absolute Gasteiger partial charge is 0.112 e. The van der Waals surface area contributed by atoms with Gasteiger partial charge < -0.3 is 4.98 Å². The number of aromatic nitrogens is 2. The van der Waals surface area contributed by atoms with Gasteiger partial charge in [0.25, 0.3) is 0 Å². The van der Waals surface area contributed by atoms with Crippen LogP contribution < -0.4 is 0 Å². The Kier molecular flexibility index (Phi) is 3.24. The van der Waals surface area contributed by atoms with Crippen LogP contribution in [0.25, 0.3) is 0 Å². The Morgan fingerprint density at radius 3 is 1.41 bits per heavy atom. The van der Waals surface area contributed by atoms with Crippen LogP contribution in [0, 0.1) is 0 Å². The summed E-state index contributed by atoms with van der Waals surface area (Å²) in [7, 11) is 0. The van der Waals surface area contributed by atoms with Gasteiger partial charge in [-0.15, -0.1) is 0 Å². The minimum Gasteiger partial charge on any atom is -0.345 e. The predicted molar refractivity (Wildman–Crippen MR) is 74.7 cm³/mol. The van der Waals surface area contributed by atoms with Gasteiger partial charge in [0.2, 0.25) is 0 Å². The fourth-order valence-corrected chi connectivity index (χ4v) is 1.81. The SMILES string of the molecule is CC(C)(C)c1nc(C(C)(C)C)c(C(C)(C)C)[nH]1. The fraction of sp³-hybridized carbons (Fsp3) is 0.800. The van der Waals surface area contributed by atoms with E-state index < -0.39 is 0 Å². The number of hydrogen-bond acceptors (Lipinski definition) is 1. The van der Waals surface area contributed by atoms with Crippen LogP contribution >= 0.6 is 0 Å². The zero-order valence-electron chi connectivity index (χ0n) is 12.9. The maximum Gasteiger partial charge on any atom is 0.112 e. The second kappa shape index (κ2) is 3.86. The van der Waals surface area contributed by atoms with Crippen molar-refractivity contribution in [1.82, 2.24) is 9.97 Å². The highest BCUT2D eigenvalue weighted by atomic mass is 15.0. The van der Waals surface area contributed by atoms with Crippen LogP contribution in [0.15, 0.2) is 0 Å². The molecule has 0 radical (unpaired) electrons. The molecule has 1 aromatic rings. The first kappa shape index (κ1) is 14.3. The van der Waals surface area contributed by atoms with Gasteiger partial charge in [0.15, 0.2) is 0 Å². The number of aromatic amines is 1. The molecule has 0 saturated heterocycles. The maximum absolute atomic E-state index is 4.86. The third-order valence-corrected chi connectivity index (χ3v) is 2.87. The number of nitrogens with zero attached hydrogens (tertiary/aromatic N) is 1. The van der Waals surface area contributed by atoms with Crippen LogP contribution in [0.5, 0.6) is 0 Å². The Labute approximate surface area is 106 Å². The van der Waals surface area contributed by atoms with Crippen molar-refractivity contribution in [3.63, 3.8) is 0 Å². The molecule has 1 rings (SSSR count). The summed E-state index contributed by atoms with van der Waals surface area (Å²) in [6, 6.07) is 0. The summed E-state index contributed by atoms with van der Waals surface area (Å²) in [5, 5.41) is 0. The Bertz CT molecular complexity index is 361. The highest BCUT2D eigenvalue weighted by molar-refractivity contribution is 5.29. The molecule has 0 aromatic carbocycles. The van der Waals surface area contributed by atoms with E-state index in [2.05, 4.69) is 67.3 Å². The Morgan fingerprint density at radius 2 is 1.18 bits per heavy atom. The van der Waals surface area contributed by atoms with E-state index in [0.29, 0.717) is 0 Å². The summed E-state index contributed by atoms with van der Waals surface area (Å²) in [5.74, 6) is 1.09. The quantitative estimate of drug-likeness (QED) is 0.714. The molecule has 0 aliphatic carbocycles. The summed E-state index contributed by atoms with van der Waals surface area (Å²) in [4.78, 5) is 8.42. The molecule has 1 N–H and O–H groups in total. The summed E-state index contributed by atoms with van der Waals surface area (Å²) < 4.78 is 0. The summed E-state index contributed by atoms with van der Waals surface area (Å²) in [5.41, 5.74) is 2.75. The van der Waals surface area contributed by atoms with Gasteiger partial charge in [-0.25, -0.2) is 4.98 Å². The normalized spacial score (nSPS) is 14.2. The topological polar surface area (TPSA) is 28.7 Å². The Hall–Kier alpha value is -0.790. The van der Waals surface area contributed by atoms with E-state index in [1.807, 2.05) is 0 Å². The van der Waals surface area contributed by atoms with Crippen molar-refractivity contribution in [3.05, 3.63) is 17.2 Å². The van der Waals surface area contributed by atoms with Crippen LogP contribution in [0.4, 0.5) is 0 Å². The first-order valence-electron chi connectivity index (χ1n) is 6.45. The molecule has 0 saturated carbocycles. The zero-order valence-corrected chi connectivity index (χ0v) is 12.9. The second-order valence-corrected chi connectivity index (χ2v) is 8.06. The molecule has 2 heteroatoms. The summed E-state index contributed by atoms with van der Waals surface area (Å²) in [6.45, 7) is 20.0. The number of imidazole rings is 1. The molecule has 0 spiro atoms. The lowest BCUT2D eigenvalue weighted by Crippen LogP contribution is -2.21. The molecule has 0 aliphatic rings. The molecule has 0 unspecified atom stereocenters. The highest BCUT2D eigenvalue weighted by Gasteiger charge is 2.31. The molecule has 0 atom stereocenters. The molecule has 98 valence electrons. The monoisotopic (exact) mass is 236 g/mol. The molecule has 1 aromatic heterocycles. The lowest BCUT2D eigenvalue weighted by molar-refractivity contribution is 0.512. The lowest BCUT2D eigenvalue weighted by atomic mass is 9.82. The Morgan fingerprint density at radius 1 is 0.706 bits per heavy atom. The van der Waals surface area contributed by atoms with Crippen molar-refractivity contribution in [2.24, 2.45) is 0 Å². The summed E-state index contributed by atoms with van der Waals surface area (Å²) >= 11 is 0. The van der Waals surface area contributed by atoms with Crippen molar-refractivity contribution < 1.29 is 0 Å². The number of H-pyrrole nitrogens is 1. The van der Waals surface area contributed by atoms with Crippen LogP contribution in [-0.2, 0) is 16.2 Å². The largest absolute Gasteiger partial charge is 0.345 e. The van der Waals surface area contributed by atoms with Gasteiger partial charge in [-0.3, -0.25) is 0 Å². The van der Waals surface area contributed by atoms with Crippen molar-refractivity contribution in [3.8, 4) is 0 Å². The van der Waals surface area contributed by atoms with Crippen LogP contribution in [0.3, 0.4) is 0 Å². The van der Waals surface area contributed by atoms with E-state index in [4.69, 9.17) is 4.98 Å². The minimum atomic E-state index is 0.0729. The number of hydrogen-bond donors (Lipinski definition) is 1. The van der Waals surface area contributed by atoms with Crippen LogP contribution in [-0.4, -0.2) is 9.97 Å². The molecule has 0 aliphatic heterocycles. The van der Waals surface area contributed by atoms with E-state index >= 15 is 0 Å². The molecular formula is C15H28N2. The fourth-order valence-electron chi connectivity index (χ4n) is 1.81. The molecule has 0 amide bonds. The standard InChI is InChI=1S/C15H28N2/c1-13(2,3)10-11(14(4,5)6)17-12(16-10)15(7,8)9/h1-9H3,(H,16,17). The Balaban J connectivity index is 3.44. The molecule has 0 bridgehead atoms. The van der Waals surface area contributed by atoms with Gasteiger partial charge in [0, 0.05) is 21.9 Å². The van der Waals surface area contributed by atoms with E-state index in [0.717, 1.165) is 5.82 Å². The van der Waals surface area contributed by atoms with Gasteiger partial charge in [-0.2, -0.15) is 0 Å². The first-order chi connectivity index (χ1) is 7.33. The third-order valence-electron chi connectivity index (χ3n) is 2.87. The summed E-state index contributed by atoms with van der Waals surface area (Å²) in [6.07, 6.45) is 0. The lowest BCUT2D eigenvalue weighted by Gasteiger charge is -2.24. The van der Waals surface area contributed by atoms with Gasteiger partial charge in [0.1, 0.15) is 5.82 Å². The van der Waals surface area contributed by atoms with Crippen LogP contribution in [0.2, 0.25) is 0 Å². The van der Waals surface area contributed by atoms with E-state index in [1.165, 1.54) is 11.4 Å². The number of rotatable bonds is 0. The number of nitrogens with one attached hydrogen (secondary N) is 1. The average Bonchev–Trinajstić information content (AvgIpc) is 2.42. The highest BCUT2D eigenvalue weighted by Crippen LogP contribution is 2.34. The predicted octanol–water partition coefficient (Wildman–Crippen LogP) is 4.30. The van der Waals surface area contributed by atoms with E-state index in [-0.39, 0.29) is 16.2 Å². The third kappa shape index (κ3) is 3.11. The van der Waals surface area contributed by atoms with Crippen LogP contribution in [0.1, 0.15) is 79.5 Å². The molecule has 17 heavy (non-hydrogen) atoms. The van der Waals surface area contributed by atoms with Crippen molar-refractivity contribution in [2.45, 2.75) is 78.6 Å². The van der Waals surface area contributed by atoms with E-state index in [9.17, 15) is 0 Å². The van der Waals surface area contributed by atoms with Gasteiger partial charge in [0.05, 0.1) is 5.69 Å². The molecular weight excluding hydrogens is 208 g/mol. The first-order valence-corrected chi connectivity index (χ1v) is 6.45. The second-order valence-electron chi connectivity index (χ2n) is 8.06. The van der Waals surface area contributed by atoms with Crippen molar-refractivity contribution in [1.29, 1.82) is 0 Å². The van der Waals surface area contributed by atoms with Gasteiger partial charge in [-0.05, 0) is 0 Å². The van der Waals surface area contributed by atoms with E-state index in [1.54, 1.807) is 0 Å². The minimum absolute atomic E-state index is 0.0729. The molecule has 2 nitrogen and oxygen atoms in total. The average molecular weight is 236 g/mol.